The standard InChI is InChI=1S/C11H22N2/c1-7-9(4)12-11(6)13-10(5)8(2)3/h8-9H,7H2,1-6H3/b12-11-,13-10+. The minimum Gasteiger partial charge on any atom is -0.268 e. The summed E-state index contributed by atoms with van der Waals surface area (Å²) in [5.41, 5.74) is 1.16. The molecule has 0 amide bonds. The van der Waals surface area contributed by atoms with Crippen LogP contribution >= 0.6 is 0 Å². The first-order valence-electron chi connectivity index (χ1n) is 5.07. The Morgan fingerprint density at radius 1 is 1.15 bits per heavy atom. The fourth-order valence-electron chi connectivity index (χ4n) is 0.823. The second-order valence-corrected chi connectivity index (χ2v) is 3.84. The van der Waals surface area contributed by atoms with Crippen molar-refractivity contribution in [3.63, 3.8) is 0 Å². The summed E-state index contributed by atoms with van der Waals surface area (Å²) in [6.07, 6.45) is 1.08. The van der Waals surface area contributed by atoms with E-state index in [0.29, 0.717) is 12.0 Å². The maximum absolute atomic E-state index is 4.45. The van der Waals surface area contributed by atoms with E-state index in [9.17, 15) is 0 Å². The van der Waals surface area contributed by atoms with Crippen LogP contribution in [-0.2, 0) is 0 Å². The summed E-state index contributed by atoms with van der Waals surface area (Å²) in [6, 6.07) is 0.392. The van der Waals surface area contributed by atoms with E-state index in [2.05, 4.69) is 44.6 Å². The Morgan fingerprint density at radius 2 is 1.69 bits per heavy atom. The van der Waals surface area contributed by atoms with Crippen LogP contribution in [0.2, 0.25) is 0 Å². The average molecular weight is 182 g/mol. The van der Waals surface area contributed by atoms with E-state index in [1.807, 2.05) is 6.92 Å². The van der Waals surface area contributed by atoms with Gasteiger partial charge in [-0.05, 0) is 33.1 Å². The van der Waals surface area contributed by atoms with Crippen molar-refractivity contribution < 1.29 is 0 Å². The molecule has 0 spiro atoms. The second kappa shape index (κ2) is 5.90. The number of hydrogen-bond donors (Lipinski definition) is 0. The van der Waals surface area contributed by atoms with Gasteiger partial charge in [-0.2, -0.15) is 0 Å². The summed E-state index contributed by atoms with van der Waals surface area (Å²) < 4.78 is 0. The van der Waals surface area contributed by atoms with Gasteiger partial charge in [0.1, 0.15) is 5.84 Å². The fourth-order valence-corrected chi connectivity index (χ4v) is 0.823. The Hall–Kier alpha value is -0.660. The van der Waals surface area contributed by atoms with Crippen LogP contribution in [0.1, 0.15) is 48.0 Å². The number of hydrogen-bond acceptors (Lipinski definition) is 1. The quantitative estimate of drug-likeness (QED) is 0.472. The molecule has 0 saturated heterocycles. The molecule has 0 N–H and O–H groups in total. The van der Waals surface area contributed by atoms with Crippen molar-refractivity contribution in [2.24, 2.45) is 15.9 Å². The van der Waals surface area contributed by atoms with Crippen LogP contribution in [-0.4, -0.2) is 17.6 Å². The molecule has 0 saturated carbocycles. The van der Waals surface area contributed by atoms with Crippen LogP contribution < -0.4 is 0 Å². The van der Waals surface area contributed by atoms with Crippen molar-refractivity contribution in [1.29, 1.82) is 0 Å². The lowest BCUT2D eigenvalue weighted by Crippen LogP contribution is -2.06. The van der Waals surface area contributed by atoms with Crippen molar-refractivity contribution in [2.75, 3.05) is 0 Å². The van der Waals surface area contributed by atoms with Crippen LogP contribution in [0.4, 0.5) is 0 Å². The van der Waals surface area contributed by atoms with Gasteiger partial charge >= 0.3 is 0 Å². The maximum Gasteiger partial charge on any atom is 0.120 e. The topological polar surface area (TPSA) is 24.7 Å². The van der Waals surface area contributed by atoms with Gasteiger partial charge in [0.05, 0.1) is 0 Å². The highest BCUT2D eigenvalue weighted by Crippen LogP contribution is 2.00. The maximum atomic E-state index is 4.45. The fraction of sp³-hybridized carbons (Fsp3) is 0.818. The predicted molar refractivity (Wildman–Crippen MR) is 60.8 cm³/mol. The normalized spacial score (nSPS) is 16.5. The highest BCUT2D eigenvalue weighted by Gasteiger charge is 1.99. The van der Waals surface area contributed by atoms with E-state index >= 15 is 0 Å². The summed E-state index contributed by atoms with van der Waals surface area (Å²) in [7, 11) is 0. The molecule has 2 nitrogen and oxygen atoms in total. The number of nitrogens with zero attached hydrogens (tertiary/aromatic N) is 2. The van der Waals surface area contributed by atoms with Gasteiger partial charge in [0.2, 0.25) is 0 Å². The zero-order chi connectivity index (χ0) is 10.4. The number of rotatable bonds is 3. The summed E-state index contributed by atoms with van der Waals surface area (Å²) >= 11 is 0. The highest BCUT2D eigenvalue weighted by molar-refractivity contribution is 5.96. The van der Waals surface area contributed by atoms with E-state index in [1.54, 1.807) is 0 Å². The molecule has 0 aliphatic rings. The molecular formula is C11H22N2. The van der Waals surface area contributed by atoms with Crippen LogP contribution in [0.5, 0.6) is 0 Å². The molecule has 0 aliphatic carbocycles. The Labute approximate surface area is 82.2 Å². The molecule has 2 heteroatoms. The van der Waals surface area contributed by atoms with Gasteiger partial charge in [-0.3, -0.25) is 4.99 Å². The summed E-state index contributed by atoms with van der Waals surface area (Å²) in [5, 5.41) is 0. The molecule has 0 rings (SSSR count). The number of amidine groups is 1. The van der Waals surface area contributed by atoms with E-state index in [-0.39, 0.29) is 0 Å². The third-order valence-electron chi connectivity index (χ3n) is 2.17. The van der Waals surface area contributed by atoms with Crippen molar-refractivity contribution in [3.8, 4) is 0 Å². The van der Waals surface area contributed by atoms with Gasteiger partial charge in [-0.15, -0.1) is 0 Å². The first-order chi connectivity index (χ1) is 5.97. The second-order valence-electron chi connectivity index (χ2n) is 3.84. The molecule has 0 aliphatic heterocycles. The molecule has 76 valence electrons. The molecule has 0 aromatic rings. The van der Waals surface area contributed by atoms with Crippen molar-refractivity contribution in [1.82, 2.24) is 0 Å². The molecule has 0 heterocycles. The molecule has 13 heavy (non-hydrogen) atoms. The Balaban J connectivity index is 4.35. The molecule has 1 atom stereocenters. The van der Waals surface area contributed by atoms with Crippen LogP contribution in [0.25, 0.3) is 0 Å². The van der Waals surface area contributed by atoms with Crippen LogP contribution in [0, 0.1) is 5.92 Å². The summed E-state index contributed by atoms with van der Waals surface area (Å²) in [4.78, 5) is 8.88. The lowest BCUT2D eigenvalue weighted by Gasteiger charge is -2.05. The van der Waals surface area contributed by atoms with E-state index < -0.39 is 0 Å². The number of aliphatic imine (C=N–C) groups is 2. The monoisotopic (exact) mass is 182 g/mol. The van der Waals surface area contributed by atoms with Crippen LogP contribution in [0.3, 0.4) is 0 Å². The van der Waals surface area contributed by atoms with Gasteiger partial charge in [0.25, 0.3) is 0 Å². The lowest BCUT2D eigenvalue weighted by molar-refractivity contribution is 0.715. The van der Waals surface area contributed by atoms with E-state index in [0.717, 1.165) is 18.0 Å². The Bertz CT molecular complexity index is 202. The molecule has 0 radical (unpaired) electrons. The largest absolute Gasteiger partial charge is 0.268 e. The van der Waals surface area contributed by atoms with Gasteiger partial charge in [-0.25, -0.2) is 4.99 Å². The molecule has 0 aromatic carbocycles. The predicted octanol–water partition coefficient (Wildman–Crippen LogP) is 3.32. The molecule has 0 bridgehead atoms. The first kappa shape index (κ1) is 12.3. The smallest absolute Gasteiger partial charge is 0.120 e. The first-order valence-corrected chi connectivity index (χ1v) is 5.07. The summed E-state index contributed by atoms with van der Waals surface area (Å²) in [5.74, 6) is 1.42. The third-order valence-corrected chi connectivity index (χ3v) is 2.17. The molecule has 0 aromatic heterocycles. The van der Waals surface area contributed by atoms with Crippen LogP contribution in [0.15, 0.2) is 9.98 Å². The summed E-state index contributed by atoms with van der Waals surface area (Å²) in [6.45, 7) is 12.6. The lowest BCUT2D eigenvalue weighted by atomic mass is 10.1. The zero-order valence-corrected chi connectivity index (χ0v) is 9.76. The minimum absolute atomic E-state index is 0.392. The van der Waals surface area contributed by atoms with Crippen molar-refractivity contribution in [3.05, 3.63) is 0 Å². The third kappa shape index (κ3) is 5.56. The van der Waals surface area contributed by atoms with Gasteiger partial charge in [0, 0.05) is 11.8 Å². The van der Waals surface area contributed by atoms with E-state index in [4.69, 9.17) is 0 Å². The van der Waals surface area contributed by atoms with Crippen molar-refractivity contribution >= 4 is 11.5 Å². The van der Waals surface area contributed by atoms with Crippen molar-refractivity contribution in [2.45, 2.75) is 54.0 Å². The molecule has 0 fully saturated rings. The molecule has 1 unspecified atom stereocenters. The minimum atomic E-state index is 0.392. The Kier molecular flexibility index (Phi) is 5.60. The highest BCUT2D eigenvalue weighted by atomic mass is 14.9. The Morgan fingerprint density at radius 3 is 2.08 bits per heavy atom. The van der Waals surface area contributed by atoms with Gasteiger partial charge < -0.3 is 0 Å². The SMILES string of the molecule is CCC(C)/N=C(C)\N=C(/C)C(C)C. The average Bonchev–Trinajstić information content (AvgIpc) is 2.03. The molecular weight excluding hydrogens is 160 g/mol. The zero-order valence-electron chi connectivity index (χ0n) is 9.76. The van der Waals surface area contributed by atoms with E-state index in [1.165, 1.54) is 0 Å². The van der Waals surface area contributed by atoms with Gasteiger partial charge in [-0.1, -0.05) is 20.8 Å². The van der Waals surface area contributed by atoms with Gasteiger partial charge in [0.15, 0.2) is 0 Å².